The van der Waals surface area contributed by atoms with Crippen LogP contribution >= 0.6 is 11.3 Å². The van der Waals surface area contributed by atoms with E-state index in [0.29, 0.717) is 43.6 Å². The van der Waals surface area contributed by atoms with Crippen molar-refractivity contribution in [2.75, 3.05) is 13.7 Å². The average molecular weight is 601 g/mol. The maximum Gasteiger partial charge on any atom is 0.338 e. The van der Waals surface area contributed by atoms with Gasteiger partial charge in [-0.1, -0.05) is 67.6 Å². The highest BCUT2D eigenvalue weighted by Gasteiger charge is 2.33. The number of halogens is 1. The Morgan fingerprint density at radius 2 is 1.86 bits per heavy atom. The van der Waals surface area contributed by atoms with Crippen molar-refractivity contribution in [2.45, 2.75) is 46.3 Å². The third-order valence-electron chi connectivity index (χ3n) is 7.20. The molecule has 5 rings (SSSR count). The number of hydrogen-bond acceptors (Lipinski definition) is 7. The summed E-state index contributed by atoms with van der Waals surface area (Å²) in [5, 5.41) is 0. The first kappa shape index (κ1) is 30.0. The predicted octanol–water partition coefficient (Wildman–Crippen LogP) is 5.65. The summed E-state index contributed by atoms with van der Waals surface area (Å²) >= 11 is 1.26. The summed E-state index contributed by atoms with van der Waals surface area (Å²) in [7, 11) is 1.53. The number of ether oxygens (including phenoxy) is 3. The molecule has 0 bridgehead atoms. The Hall–Kier alpha value is -4.50. The maximum atomic E-state index is 13.9. The molecule has 222 valence electrons. The molecule has 0 saturated carbocycles. The summed E-state index contributed by atoms with van der Waals surface area (Å²) in [5.41, 5.74) is 3.98. The van der Waals surface area contributed by atoms with Crippen LogP contribution in [0, 0.1) is 5.82 Å². The zero-order valence-electron chi connectivity index (χ0n) is 24.7. The fourth-order valence-corrected chi connectivity index (χ4v) is 6.05. The van der Waals surface area contributed by atoms with E-state index in [-0.39, 0.29) is 24.6 Å². The van der Waals surface area contributed by atoms with Crippen LogP contribution in [-0.2, 0) is 16.1 Å². The van der Waals surface area contributed by atoms with Gasteiger partial charge in [0.25, 0.3) is 5.56 Å². The smallest absolute Gasteiger partial charge is 0.338 e. The summed E-state index contributed by atoms with van der Waals surface area (Å²) in [6.45, 7) is 8.14. The molecule has 2 heterocycles. The van der Waals surface area contributed by atoms with Gasteiger partial charge < -0.3 is 14.2 Å². The van der Waals surface area contributed by atoms with Gasteiger partial charge in [-0.2, -0.15) is 0 Å². The van der Waals surface area contributed by atoms with E-state index in [4.69, 9.17) is 14.2 Å². The van der Waals surface area contributed by atoms with Crippen LogP contribution in [0.1, 0.15) is 61.9 Å². The number of carbonyl (C=O) groups is 1. The topological polar surface area (TPSA) is 79.1 Å². The molecule has 9 heteroatoms. The molecule has 0 saturated heterocycles. The number of carbonyl (C=O) groups excluding carboxylic acids is 1. The summed E-state index contributed by atoms with van der Waals surface area (Å²) < 4.78 is 32.4. The molecule has 0 spiro atoms. The van der Waals surface area contributed by atoms with Crippen LogP contribution in [0.25, 0.3) is 6.08 Å². The number of hydrogen-bond donors (Lipinski definition) is 0. The Labute approximate surface area is 253 Å². The van der Waals surface area contributed by atoms with Crippen molar-refractivity contribution in [3.05, 3.63) is 126 Å². The van der Waals surface area contributed by atoms with E-state index in [2.05, 4.69) is 18.8 Å². The molecule has 0 radical (unpaired) electrons. The zero-order chi connectivity index (χ0) is 30.7. The quantitative estimate of drug-likeness (QED) is 0.232. The van der Waals surface area contributed by atoms with Crippen LogP contribution in [0.5, 0.6) is 11.5 Å². The number of thiazole rings is 1. The van der Waals surface area contributed by atoms with Crippen LogP contribution in [0.4, 0.5) is 4.39 Å². The van der Waals surface area contributed by atoms with E-state index < -0.39 is 12.0 Å². The molecule has 1 atom stereocenters. The van der Waals surface area contributed by atoms with Crippen LogP contribution in [-0.4, -0.2) is 24.3 Å². The Morgan fingerprint density at radius 1 is 1.09 bits per heavy atom. The van der Waals surface area contributed by atoms with Gasteiger partial charge in [0.15, 0.2) is 16.3 Å². The van der Waals surface area contributed by atoms with Crippen molar-refractivity contribution in [3.8, 4) is 11.5 Å². The highest BCUT2D eigenvalue weighted by Crippen LogP contribution is 2.32. The van der Waals surface area contributed by atoms with E-state index >= 15 is 0 Å². The number of aromatic nitrogens is 1. The lowest BCUT2D eigenvalue weighted by Crippen LogP contribution is -2.39. The molecular weight excluding hydrogens is 567 g/mol. The lowest BCUT2D eigenvalue weighted by molar-refractivity contribution is -0.139. The minimum absolute atomic E-state index is 0.173. The van der Waals surface area contributed by atoms with Crippen LogP contribution in [0.15, 0.2) is 87.8 Å². The first-order chi connectivity index (χ1) is 20.7. The first-order valence-electron chi connectivity index (χ1n) is 14.0. The Bertz CT molecular complexity index is 1870. The van der Waals surface area contributed by atoms with Crippen molar-refractivity contribution in [3.63, 3.8) is 0 Å². The Balaban J connectivity index is 1.54. The lowest BCUT2D eigenvalue weighted by Gasteiger charge is -2.25. The summed E-state index contributed by atoms with van der Waals surface area (Å²) in [6.07, 6.45) is 1.77. The minimum Gasteiger partial charge on any atom is -0.493 e. The second kappa shape index (κ2) is 12.8. The fourth-order valence-electron chi connectivity index (χ4n) is 5.00. The number of benzene rings is 3. The SMILES string of the molecule is CCOC(=O)C1=C(C)N=c2sc(=Cc3ccc(OCc4cccc(F)c4)c(OC)c3)c(=O)n2C1c1ccc(C(C)C)cc1. The molecule has 7 nitrogen and oxygen atoms in total. The largest absolute Gasteiger partial charge is 0.493 e. The number of fused-ring (bicyclic) bond motifs is 1. The highest BCUT2D eigenvalue weighted by atomic mass is 32.1. The van der Waals surface area contributed by atoms with Gasteiger partial charge in [-0.25, -0.2) is 14.2 Å². The molecule has 0 amide bonds. The molecule has 1 aliphatic heterocycles. The monoisotopic (exact) mass is 600 g/mol. The third-order valence-corrected chi connectivity index (χ3v) is 8.19. The van der Waals surface area contributed by atoms with Gasteiger partial charge in [-0.15, -0.1) is 0 Å². The van der Waals surface area contributed by atoms with Crippen molar-refractivity contribution in [2.24, 2.45) is 4.99 Å². The van der Waals surface area contributed by atoms with E-state index in [9.17, 15) is 14.0 Å². The number of nitrogens with zero attached hydrogens (tertiary/aromatic N) is 2. The summed E-state index contributed by atoms with van der Waals surface area (Å²) in [4.78, 5) is 32.2. The summed E-state index contributed by atoms with van der Waals surface area (Å²) in [5.74, 6) is 0.484. The van der Waals surface area contributed by atoms with Gasteiger partial charge in [0.1, 0.15) is 12.4 Å². The summed E-state index contributed by atoms with van der Waals surface area (Å²) in [6, 6.07) is 18.9. The average Bonchev–Trinajstić information content (AvgIpc) is 3.29. The third kappa shape index (κ3) is 6.32. The number of allylic oxidation sites excluding steroid dienone is 1. The Morgan fingerprint density at radius 3 is 2.53 bits per heavy atom. The molecule has 0 N–H and O–H groups in total. The molecule has 1 aliphatic rings. The molecule has 0 fully saturated rings. The standard InChI is InChI=1S/C34H33FN2O5S/c1-6-41-33(39)30-21(4)36-34-37(31(30)25-13-11-24(12-14-25)20(2)3)32(38)29(43-34)18-22-10-15-27(28(17-22)40-5)42-19-23-8-7-9-26(35)16-23/h7-18,20,31H,6,19H2,1-5H3. The van der Waals surface area contributed by atoms with Crippen LogP contribution in [0.2, 0.25) is 0 Å². The lowest BCUT2D eigenvalue weighted by atomic mass is 9.93. The zero-order valence-corrected chi connectivity index (χ0v) is 25.5. The van der Waals surface area contributed by atoms with E-state index in [1.165, 1.54) is 30.6 Å². The first-order valence-corrected chi connectivity index (χ1v) is 14.9. The van der Waals surface area contributed by atoms with Gasteiger partial charge in [0.2, 0.25) is 0 Å². The molecule has 43 heavy (non-hydrogen) atoms. The fraction of sp³-hybridized carbons (Fsp3) is 0.265. The van der Waals surface area contributed by atoms with Gasteiger partial charge in [-0.05, 0) is 72.4 Å². The second-order valence-corrected chi connectivity index (χ2v) is 11.5. The van der Waals surface area contributed by atoms with Crippen LogP contribution < -0.4 is 24.4 Å². The molecule has 1 aromatic heterocycles. The van der Waals surface area contributed by atoms with Crippen molar-refractivity contribution < 1.29 is 23.4 Å². The molecular formula is C34H33FN2O5S. The van der Waals surface area contributed by atoms with Gasteiger partial charge >= 0.3 is 5.97 Å². The van der Waals surface area contributed by atoms with Crippen molar-refractivity contribution in [1.29, 1.82) is 0 Å². The van der Waals surface area contributed by atoms with Gasteiger partial charge in [0, 0.05) is 0 Å². The van der Waals surface area contributed by atoms with E-state index in [1.807, 2.05) is 30.3 Å². The molecule has 3 aromatic carbocycles. The van der Waals surface area contributed by atoms with Gasteiger partial charge in [0.05, 0.1) is 35.6 Å². The minimum atomic E-state index is -0.674. The number of esters is 1. The number of rotatable bonds is 9. The van der Waals surface area contributed by atoms with E-state index in [0.717, 1.165) is 16.7 Å². The predicted molar refractivity (Wildman–Crippen MR) is 165 cm³/mol. The van der Waals surface area contributed by atoms with Crippen LogP contribution in [0.3, 0.4) is 0 Å². The van der Waals surface area contributed by atoms with Crippen molar-refractivity contribution >= 4 is 23.4 Å². The number of methoxy groups -OCH3 is 1. The molecule has 0 aliphatic carbocycles. The normalized spacial score (nSPS) is 14.9. The van der Waals surface area contributed by atoms with Gasteiger partial charge in [-0.3, -0.25) is 9.36 Å². The highest BCUT2D eigenvalue weighted by molar-refractivity contribution is 7.07. The molecule has 4 aromatic rings. The molecule has 1 unspecified atom stereocenters. The second-order valence-electron chi connectivity index (χ2n) is 10.5. The maximum absolute atomic E-state index is 13.9. The Kier molecular flexibility index (Phi) is 8.92. The van der Waals surface area contributed by atoms with E-state index in [1.54, 1.807) is 48.8 Å². The van der Waals surface area contributed by atoms with Crippen molar-refractivity contribution in [1.82, 2.24) is 4.57 Å².